The van der Waals surface area contributed by atoms with E-state index in [1.807, 2.05) is 53.4 Å². The van der Waals surface area contributed by atoms with Crippen LogP contribution in [0.2, 0.25) is 0 Å². The number of hydrogen-bond donors (Lipinski definition) is 1. The molecule has 1 saturated heterocycles. The van der Waals surface area contributed by atoms with E-state index in [-0.39, 0.29) is 17.2 Å². The Morgan fingerprint density at radius 1 is 1.10 bits per heavy atom. The first-order valence-electron chi connectivity index (χ1n) is 9.62. The van der Waals surface area contributed by atoms with Crippen molar-refractivity contribution in [1.82, 2.24) is 10.2 Å². The second kappa shape index (κ2) is 9.95. The van der Waals surface area contributed by atoms with Crippen molar-refractivity contribution >= 4 is 35.3 Å². The van der Waals surface area contributed by atoms with Gasteiger partial charge in [0.1, 0.15) is 16.9 Å². The molecule has 0 bridgehead atoms. The molecular formula is C22H22N2O4S2. The van der Waals surface area contributed by atoms with Crippen LogP contribution in [0, 0.1) is 0 Å². The van der Waals surface area contributed by atoms with Crippen molar-refractivity contribution in [2.24, 2.45) is 0 Å². The lowest BCUT2D eigenvalue weighted by Gasteiger charge is -2.23. The Morgan fingerprint density at radius 3 is 2.53 bits per heavy atom. The molecule has 0 radical (unpaired) electrons. The third-order valence-corrected chi connectivity index (χ3v) is 6.93. The largest absolute Gasteiger partial charge is 0.468 e. The molecule has 0 saturated carbocycles. The number of furan rings is 2. The van der Waals surface area contributed by atoms with Gasteiger partial charge in [0.15, 0.2) is 0 Å². The fourth-order valence-electron chi connectivity index (χ4n) is 3.18. The Hall–Kier alpha value is -2.58. The summed E-state index contributed by atoms with van der Waals surface area (Å²) in [4.78, 5) is 26.5. The first-order chi connectivity index (χ1) is 14.7. The summed E-state index contributed by atoms with van der Waals surface area (Å²) in [6.45, 7) is 1.04. The zero-order chi connectivity index (χ0) is 20.8. The van der Waals surface area contributed by atoms with Crippen molar-refractivity contribution in [3.63, 3.8) is 0 Å². The molecule has 1 unspecified atom stereocenters. The lowest BCUT2D eigenvalue weighted by molar-refractivity contribution is -0.128. The molecule has 6 nitrogen and oxygen atoms in total. The van der Waals surface area contributed by atoms with Crippen molar-refractivity contribution in [3.05, 3.63) is 83.7 Å². The van der Waals surface area contributed by atoms with Crippen LogP contribution in [0.1, 0.15) is 32.8 Å². The highest BCUT2D eigenvalue weighted by Crippen LogP contribution is 2.39. The smallest absolute Gasteiger partial charge is 0.251 e. The van der Waals surface area contributed by atoms with E-state index in [0.29, 0.717) is 24.4 Å². The van der Waals surface area contributed by atoms with Crippen LogP contribution in [0.4, 0.5) is 0 Å². The van der Waals surface area contributed by atoms with E-state index in [0.717, 1.165) is 28.6 Å². The molecule has 30 heavy (non-hydrogen) atoms. The number of carbonyl (C=O) groups excluding carboxylic acids is 2. The molecule has 3 heterocycles. The van der Waals surface area contributed by atoms with Crippen molar-refractivity contribution in [1.29, 1.82) is 0 Å². The van der Waals surface area contributed by atoms with Gasteiger partial charge < -0.3 is 19.1 Å². The van der Waals surface area contributed by atoms with Crippen LogP contribution in [-0.2, 0) is 17.1 Å². The molecule has 3 aromatic rings. The zero-order valence-corrected chi connectivity index (χ0v) is 17.9. The summed E-state index contributed by atoms with van der Waals surface area (Å²) < 4.78 is 10.7. The van der Waals surface area contributed by atoms with Gasteiger partial charge in [-0.25, -0.2) is 0 Å². The van der Waals surface area contributed by atoms with Gasteiger partial charge >= 0.3 is 0 Å². The molecule has 1 aliphatic heterocycles. The lowest BCUT2D eigenvalue weighted by atomic mass is 10.1. The molecular weight excluding hydrogens is 420 g/mol. The average molecular weight is 443 g/mol. The Kier molecular flexibility index (Phi) is 6.86. The molecule has 1 fully saturated rings. The van der Waals surface area contributed by atoms with Gasteiger partial charge in [-0.1, -0.05) is 12.1 Å². The number of hydrogen-bond acceptors (Lipinski definition) is 6. The maximum Gasteiger partial charge on any atom is 0.251 e. The quantitative estimate of drug-likeness (QED) is 0.498. The summed E-state index contributed by atoms with van der Waals surface area (Å²) in [7, 11) is 0. The van der Waals surface area contributed by atoms with E-state index in [1.165, 1.54) is 0 Å². The Bertz CT molecular complexity index is 956. The van der Waals surface area contributed by atoms with E-state index < -0.39 is 0 Å². The molecule has 2 aromatic heterocycles. The maximum atomic E-state index is 12.4. The molecule has 4 rings (SSSR count). The maximum absolute atomic E-state index is 12.4. The van der Waals surface area contributed by atoms with Crippen LogP contribution in [0.5, 0.6) is 0 Å². The standard InChI is InChI=1S/C22H22N2O4S2/c25-20-15-30-22(24(20)13-18-3-1-10-27-18)17-7-5-16(6-8-17)21(26)23-9-12-29-14-19-4-2-11-28-19/h1-8,10-11,22H,9,12-15H2,(H,23,26). The van der Waals surface area contributed by atoms with Crippen LogP contribution in [-0.4, -0.2) is 34.8 Å². The Balaban J connectivity index is 1.28. The van der Waals surface area contributed by atoms with Gasteiger partial charge in [-0.05, 0) is 42.0 Å². The Morgan fingerprint density at radius 2 is 1.83 bits per heavy atom. The van der Waals surface area contributed by atoms with Crippen molar-refractivity contribution in [3.8, 4) is 0 Å². The van der Waals surface area contributed by atoms with Gasteiger partial charge in [0, 0.05) is 17.9 Å². The summed E-state index contributed by atoms with van der Waals surface area (Å²) >= 11 is 3.30. The van der Waals surface area contributed by atoms with E-state index in [2.05, 4.69) is 5.32 Å². The number of carbonyl (C=O) groups is 2. The molecule has 2 amide bonds. The molecule has 156 valence electrons. The van der Waals surface area contributed by atoms with Gasteiger partial charge in [0.05, 0.1) is 30.6 Å². The third-order valence-electron chi connectivity index (χ3n) is 4.69. The summed E-state index contributed by atoms with van der Waals surface area (Å²) in [6.07, 6.45) is 3.28. The second-order valence-electron chi connectivity index (χ2n) is 6.77. The summed E-state index contributed by atoms with van der Waals surface area (Å²) in [5, 5.41) is 2.87. The average Bonchev–Trinajstić information content (AvgIpc) is 3.52. The molecule has 1 N–H and O–H groups in total. The SMILES string of the molecule is O=C(NCCSCc1ccco1)c1ccc(C2SCC(=O)N2Cc2ccco2)cc1. The zero-order valence-electron chi connectivity index (χ0n) is 16.3. The third kappa shape index (κ3) is 5.12. The van der Waals surface area contributed by atoms with Gasteiger partial charge in [-0.15, -0.1) is 11.8 Å². The van der Waals surface area contributed by atoms with E-state index in [9.17, 15) is 9.59 Å². The molecule has 1 aliphatic rings. The second-order valence-corrected chi connectivity index (χ2v) is 8.95. The van der Waals surface area contributed by atoms with E-state index in [1.54, 1.807) is 36.1 Å². The van der Waals surface area contributed by atoms with E-state index in [4.69, 9.17) is 8.83 Å². The number of benzene rings is 1. The highest BCUT2D eigenvalue weighted by Gasteiger charge is 2.33. The first-order valence-corrected chi connectivity index (χ1v) is 11.8. The number of nitrogens with one attached hydrogen (secondary N) is 1. The minimum Gasteiger partial charge on any atom is -0.468 e. The highest BCUT2D eigenvalue weighted by molar-refractivity contribution is 8.00. The molecule has 0 aliphatic carbocycles. The number of nitrogens with zero attached hydrogens (tertiary/aromatic N) is 1. The van der Waals surface area contributed by atoms with Crippen LogP contribution in [0.25, 0.3) is 0 Å². The van der Waals surface area contributed by atoms with Crippen molar-refractivity contribution in [2.75, 3.05) is 18.1 Å². The Labute approximate surface area is 183 Å². The predicted octanol–water partition coefficient (Wildman–Crippen LogP) is 4.31. The van der Waals surface area contributed by atoms with Gasteiger partial charge in [0.2, 0.25) is 5.91 Å². The molecule has 1 atom stereocenters. The van der Waals surface area contributed by atoms with Gasteiger partial charge in [-0.2, -0.15) is 11.8 Å². The van der Waals surface area contributed by atoms with Gasteiger partial charge in [-0.3, -0.25) is 9.59 Å². The number of rotatable bonds is 9. The fourth-order valence-corrected chi connectivity index (χ4v) is 5.12. The molecule has 1 aromatic carbocycles. The minimum absolute atomic E-state index is 0.0716. The lowest BCUT2D eigenvalue weighted by Crippen LogP contribution is -2.28. The summed E-state index contributed by atoms with van der Waals surface area (Å²) in [5.74, 6) is 3.75. The summed E-state index contributed by atoms with van der Waals surface area (Å²) in [6, 6.07) is 15.0. The van der Waals surface area contributed by atoms with Crippen LogP contribution in [0.15, 0.2) is 69.9 Å². The van der Waals surface area contributed by atoms with Crippen molar-refractivity contribution in [2.45, 2.75) is 17.7 Å². The van der Waals surface area contributed by atoms with Crippen LogP contribution >= 0.6 is 23.5 Å². The predicted molar refractivity (Wildman–Crippen MR) is 118 cm³/mol. The monoisotopic (exact) mass is 442 g/mol. The first kappa shape index (κ1) is 20.7. The summed E-state index contributed by atoms with van der Waals surface area (Å²) in [5.41, 5.74) is 1.62. The fraction of sp³-hybridized carbons (Fsp3) is 0.273. The highest BCUT2D eigenvalue weighted by atomic mass is 32.2. The number of thioether (sulfide) groups is 2. The van der Waals surface area contributed by atoms with Crippen molar-refractivity contribution < 1.29 is 18.4 Å². The minimum atomic E-state index is -0.0947. The normalized spacial score (nSPS) is 16.2. The topological polar surface area (TPSA) is 75.7 Å². The molecule has 0 spiro atoms. The molecule has 8 heteroatoms. The van der Waals surface area contributed by atoms with E-state index >= 15 is 0 Å². The van der Waals surface area contributed by atoms with Crippen LogP contribution in [0.3, 0.4) is 0 Å². The van der Waals surface area contributed by atoms with Crippen LogP contribution < -0.4 is 5.32 Å². The number of amides is 2. The van der Waals surface area contributed by atoms with Gasteiger partial charge in [0.25, 0.3) is 5.91 Å².